The minimum absolute atomic E-state index is 0.127. The van der Waals surface area contributed by atoms with Gasteiger partial charge in [-0.15, -0.1) is 0 Å². The van der Waals surface area contributed by atoms with Crippen LogP contribution >= 0.6 is 23.2 Å². The van der Waals surface area contributed by atoms with Crippen LogP contribution in [0.2, 0.25) is 10.0 Å². The zero-order valence-corrected chi connectivity index (χ0v) is 13.3. The molecule has 0 aliphatic heterocycles. The Kier molecular flexibility index (Phi) is 4.16. The number of halogens is 2. The zero-order chi connectivity index (χ0) is 16.4. The molecule has 2 heterocycles. The Morgan fingerprint density at radius 3 is 2.52 bits per heavy atom. The number of nitrogen functional groups attached to an aromatic ring is 1. The maximum Gasteiger partial charge on any atom is 0.142 e. The van der Waals surface area contributed by atoms with Gasteiger partial charge in [0.2, 0.25) is 0 Å². The third kappa shape index (κ3) is 2.85. The highest BCUT2D eigenvalue weighted by molar-refractivity contribution is 6.43. The van der Waals surface area contributed by atoms with Gasteiger partial charge in [-0.3, -0.25) is 4.98 Å². The molecule has 1 aromatic carbocycles. The van der Waals surface area contributed by atoms with E-state index in [0.717, 1.165) is 0 Å². The summed E-state index contributed by atoms with van der Waals surface area (Å²) in [6.45, 7) is 0. The fraction of sp³-hybridized carbons (Fsp3) is 0. The van der Waals surface area contributed by atoms with E-state index < -0.39 is 0 Å². The summed E-state index contributed by atoms with van der Waals surface area (Å²) in [5, 5.41) is 10.2. The molecule has 0 aliphatic rings. The molecule has 0 bridgehead atoms. The molecule has 23 heavy (non-hydrogen) atoms. The standard InChI is InChI=1S/C17H10Cl2N4/c18-13-5-3-4-10(16(13)19)11-8-15(14-6-1-2-7-22-14)23-17(21)12(11)9-20/h1-8H,(H2,21,23). The molecule has 112 valence electrons. The van der Waals surface area contributed by atoms with E-state index in [4.69, 9.17) is 28.9 Å². The van der Waals surface area contributed by atoms with Gasteiger partial charge in [0.1, 0.15) is 17.5 Å². The molecular weight excluding hydrogens is 331 g/mol. The van der Waals surface area contributed by atoms with E-state index in [2.05, 4.69) is 16.0 Å². The van der Waals surface area contributed by atoms with Gasteiger partial charge in [0.25, 0.3) is 0 Å². The Balaban J connectivity index is 2.29. The lowest BCUT2D eigenvalue weighted by molar-refractivity contribution is 1.24. The van der Waals surface area contributed by atoms with E-state index in [1.165, 1.54) is 0 Å². The Morgan fingerprint density at radius 2 is 1.83 bits per heavy atom. The highest BCUT2D eigenvalue weighted by atomic mass is 35.5. The Bertz CT molecular complexity index is 918. The Hall–Kier alpha value is -2.61. The van der Waals surface area contributed by atoms with Crippen LogP contribution in [-0.4, -0.2) is 9.97 Å². The van der Waals surface area contributed by atoms with Crippen LogP contribution < -0.4 is 5.73 Å². The first-order valence-corrected chi connectivity index (χ1v) is 7.44. The summed E-state index contributed by atoms with van der Waals surface area (Å²) in [4.78, 5) is 8.53. The molecular formula is C17H10Cl2N4. The first-order chi connectivity index (χ1) is 11.1. The molecule has 3 rings (SSSR count). The molecule has 2 aromatic heterocycles. The van der Waals surface area contributed by atoms with Crippen LogP contribution in [0.5, 0.6) is 0 Å². The van der Waals surface area contributed by atoms with Gasteiger partial charge in [-0.2, -0.15) is 5.26 Å². The normalized spacial score (nSPS) is 10.3. The van der Waals surface area contributed by atoms with Crippen LogP contribution in [0.4, 0.5) is 5.82 Å². The van der Waals surface area contributed by atoms with E-state index in [0.29, 0.717) is 32.6 Å². The number of benzene rings is 1. The van der Waals surface area contributed by atoms with E-state index in [-0.39, 0.29) is 11.4 Å². The summed E-state index contributed by atoms with van der Waals surface area (Å²) in [5.41, 5.74) is 8.64. The first kappa shape index (κ1) is 15.3. The fourth-order valence-corrected chi connectivity index (χ4v) is 2.65. The van der Waals surface area contributed by atoms with Crippen molar-refractivity contribution in [3.8, 4) is 28.6 Å². The molecule has 4 nitrogen and oxygen atoms in total. The molecule has 0 aliphatic carbocycles. The minimum Gasteiger partial charge on any atom is -0.383 e. The van der Waals surface area contributed by atoms with Gasteiger partial charge >= 0.3 is 0 Å². The summed E-state index contributed by atoms with van der Waals surface area (Å²) >= 11 is 12.4. The lowest BCUT2D eigenvalue weighted by atomic mass is 9.99. The van der Waals surface area contributed by atoms with Crippen LogP contribution in [0.3, 0.4) is 0 Å². The molecule has 0 amide bonds. The van der Waals surface area contributed by atoms with Crippen molar-refractivity contribution in [1.82, 2.24) is 9.97 Å². The smallest absolute Gasteiger partial charge is 0.142 e. The molecule has 0 unspecified atom stereocenters. The van der Waals surface area contributed by atoms with Gasteiger partial charge < -0.3 is 5.73 Å². The summed E-state index contributed by atoms with van der Waals surface area (Å²) in [7, 11) is 0. The van der Waals surface area contributed by atoms with Crippen molar-refractivity contribution < 1.29 is 0 Å². The fourth-order valence-electron chi connectivity index (χ4n) is 2.25. The molecule has 0 spiro atoms. The van der Waals surface area contributed by atoms with E-state index in [1.54, 1.807) is 30.5 Å². The molecule has 0 radical (unpaired) electrons. The molecule has 2 N–H and O–H groups in total. The number of nitrogens with zero attached hydrogens (tertiary/aromatic N) is 3. The highest BCUT2D eigenvalue weighted by Crippen LogP contribution is 2.37. The maximum absolute atomic E-state index is 9.42. The SMILES string of the molecule is N#Cc1c(-c2cccc(Cl)c2Cl)cc(-c2ccccn2)nc1N. The van der Waals surface area contributed by atoms with Gasteiger partial charge in [0.15, 0.2) is 0 Å². The lowest BCUT2D eigenvalue weighted by Gasteiger charge is -2.11. The third-order valence-corrected chi connectivity index (χ3v) is 4.15. The van der Waals surface area contributed by atoms with Crippen molar-refractivity contribution in [2.45, 2.75) is 0 Å². The number of anilines is 1. The molecule has 6 heteroatoms. The number of rotatable bonds is 2. The Morgan fingerprint density at radius 1 is 1.00 bits per heavy atom. The van der Waals surface area contributed by atoms with Crippen LogP contribution in [0.1, 0.15) is 5.56 Å². The van der Waals surface area contributed by atoms with Crippen molar-refractivity contribution in [2.75, 3.05) is 5.73 Å². The van der Waals surface area contributed by atoms with Crippen LogP contribution in [-0.2, 0) is 0 Å². The van der Waals surface area contributed by atoms with E-state index >= 15 is 0 Å². The Labute approximate surface area is 143 Å². The van der Waals surface area contributed by atoms with Crippen molar-refractivity contribution in [3.05, 3.63) is 64.3 Å². The maximum atomic E-state index is 9.42. The first-order valence-electron chi connectivity index (χ1n) is 6.68. The summed E-state index contributed by atoms with van der Waals surface area (Å²) in [5.74, 6) is 0.127. The zero-order valence-electron chi connectivity index (χ0n) is 11.8. The van der Waals surface area contributed by atoms with E-state index in [1.807, 2.05) is 18.2 Å². The lowest BCUT2D eigenvalue weighted by Crippen LogP contribution is -2.00. The van der Waals surface area contributed by atoms with Gasteiger partial charge in [0.05, 0.1) is 21.4 Å². The predicted molar refractivity (Wildman–Crippen MR) is 92.1 cm³/mol. The summed E-state index contributed by atoms with van der Waals surface area (Å²) < 4.78 is 0. The van der Waals surface area contributed by atoms with Crippen LogP contribution in [0, 0.1) is 11.3 Å². The molecule has 0 saturated heterocycles. The number of hydrogen-bond acceptors (Lipinski definition) is 4. The number of hydrogen-bond donors (Lipinski definition) is 1. The predicted octanol–water partition coefficient (Wildman–Crippen LogP) is 4.57. The molecule has 0 saturated carbocycles. The minimum atomic E-state index is 0.127. The second kappa shape index (κ2) is 6.25. The van der Waals surface area contributed by atoms with Crippen molar-refractivity contribution in [2.24, 2.45) is 0 Å². The molecule has 3 aromatic rings. The molecule has 0 atom stereocenters. The average molecular weight is 341 g/mol. The van der Waals surface area contributed by atoms with E-state index in [9.17, 15) is 5.26 Å². The molecule has 0 fully saturated rings. The number of nitrogens with two attached hydrogens (primary N) is 1. The highest BCUT2D eigenvalue weighted by Gasteiger charge is 2.16. The van der Waals surface area contributed by atoms with Crippen molar-refractivity contribution >= 4 is 29.0 Å². The van der Waals surface area contributed by atoms with Crippen molar-refractivity contribution in [1.29, 1.82) is 5.26 Å². The topological polar surface area (TPSA) is 75.6 Å². The van der Waals surface area contributed by atoms with Gasteiger partial charge in [-0.25, -0.2) is 4.98 Å². The number of pyridine rings is 2. The largest absolute Gasteiger partial charge is 0.383 e. The third-order valence-electron chi connectivity index (χ3n) is 3.33. The average Bonchev–Trinajstić information content (AvgIpc) is 2.57. The van der Waals surface area contributed by atoms with Crippen molar-refractivity contribution in [3.63, 3.8) is 0 Å². The number of aromatic nitrogens is 2. The second-order valence-electron chi connectivity index (χ2n) is 4.74. The second-order valence-corrected chi connectivity index (χ2v) is 5.53. The quantitative estimate of drug-likeness (QED) is 0.741. The van der Waals surface area contributed by atoms with Crippen LogP contribution in [0.15, 0.2) is 48.7 Å². The van der Waals surface area contributed by atoms with Gasteiger partial charge in [-0.05, 0) is 24.3 Å². The summed E-state index contributed by atoms with van der Waals surface area (Å²) in [6, 6.07) is 14.5. The number of nitriles is 1. The van der Waals surface area contributed by atoms with Crippen LogP contribution in [0.25, 0.3) is 22.5 Å². The summed E-state index contributed by atoms with van der Waals surface area (Å²) in [6.07, 6.45) is 1.66. The van der Waals surface area contributed by atoms with Gasteiger partial charge in [0, 0.05) is 17.3 Å². The van der Waals surface area contributed by atoms with Gasteiger partial charge in [-0.1, -0.05) is 41.4 Å². The monoisotopic (exact) mass is 340 g/mol.